The lowest BCUT2D eigenvalue weighted by Gasteiger charge is -2.11. The average Bonchev–Trinajstić information content (AvgIpc) is 2.87. The number of benzene rings is 1. The molecule has 0 amide bonds. The Labute approximate surface area is 114 Å². The van der Waals surface area contributed by atoms with Crippen molar-refractivity contribution in [2.75, 3.05) is 6.54 Å². The zero-order valence-electron chi connectivity index (χ0n) is 11.2. The molecular weight excluding hydrogens is 269 g/mol. The van der Waals surface area contributed by atoms with Gasteiger partial charge in [0.2, 0.25) is 5.89 Å². The Morgan fingerprint density at radius 3 is 2.65 bits per heavy atom. The van der Waals surface area contributed by atoms with Gasteiger partial charge in [0.25, 0.3) is 0 Å². The van der Waals surface area contributed by atoms with Crippen molar-refractivity contribution in [3.8, 4) is 11.3 Å². The van der Waals surface area contributed by atoms with Crippen LogP contribution in [0, 0.1) is 0 Å². The molecule has 0 bridgehead atoms. The first-order valence-corrected chi connectivity index (χ1v) is 6.29. The Morgan fingerprint density at radius 1 is 1.30 bits per heavy atom. The Bertz CT molecular complexity index is 578. The fourth-order valence-corrected chi connectivity index (χ4v) is 1.95. The van der Waals surface area contributed by atoms with Crippen molar-refractivity contribution in [1.82, 2.24) is 10.3 Å². The second-order valence-electron chi connectivity index (χ2n) is 4.39. The summed E-state index contributed by atoms with van der Waals surface area (Å²) in [4.78, 5) is 4.04. The van der Waals surface area contributed by atoms with E-state index < -0.39 is 11.7 Å². The molecule has 0 saturated heterocycles. The Morgan fingerprint density at radius 2 is 2.00 bits per heavy atom. The van der Waals surface area contributed by atoms with Gasteiger partial charge in [-0.15, -0.1) is 0 Å². The van der Waals surface area contributed by atoms with Crippen LogP contribution in [0.15, 0.2) is 34.9 Å². The van der Waals surface area contributed by atoms with Crippen molar-refractivity contribution in [3.05, 3.63) is 41.9 Å². The Hall–Kier alpha value is -1.82. The second-order valence-corrected chi connectivity index (χ2v) is 4.39. The summed E-state index contributed by atoms with van der Waals surface area (Å²) in [5.74, 6) is 0.497. The van der Waals surface area contributed by atoms with Crippen LogP contribution < -0.4 is 5.32 Å². The number of nitrogens with one attached hydrogen (secondary N) is 1. The smallest absolute Gasteiger partial charge is 0.417 e. The molecule has 0 aliphatic heterocycles. The summed E-state index contributed by atoms with van der Waals surface area (Å²) < 4.78 is 44.3. The largest absolute Gasteiger partial charge is 0.439 e. The summed E-state index contributed by atoms with van der Waals surface area (Å²) in [6, 6.07) is 5.16. The highest BCUT2D eigenvalue weighted by Gasteiger charge is 2.34. The van der Waals surface area contributed by atoms with E-state index in [1.54, 1.807) is 6.07 Å². The van der Waals surface area contributed by atoms with Crippen LogP contribution in [0.4, 0.5) is 13.2 Å². The highest BCUT2D eigenvalue weighted by molar-refractivity contribution is 5.62. The molecule has 1 unspecified atom stereocenters. The molecule has 3 nitrogen and oxygen atoms in total. The van der Waals surface area contributed by atoms with Crippen LogP contribution in [0.1, 0.15) is 31.3 Å². The fourth-order valence-electron chi connectivity index (χ4n) is 1.95. The number of alkyl halides is 3. The predicted molar refractivity (Wildman–Crippen MR) is 69.0 cm³/mol. The number of oxazole rings is 1. The maximum atomic E-state index is 12.9. The average molecular weight is 284 g/mol. The minimum absolute atomic E-state index is 0.00227. The van der Waals surface area contributed by atoms with Gasteiger partial charge in [-0.2, -0.15) is 13.2 Å². The van der Waals surface area contributed by atoms with Gasteiger partial charge in [-0.05, 0) is 19.5 Å². The first kappa shape index (κ1) is 14.6. The van der Waals surface area contributed by atoms with Crippen LogP contribution >= 0.6 is 0 Å². The van der Waals surface area contributed by atoms with Gasteiger partial charge in [-0.3, -0.25) is 0 Å². The first-order chi connectivity index (χ1) is 9.43. The van der Waals surface area contributed by atoms with E-state index in [1.807, 2.05) is 13.8 Å². The molecule has 1 aromatic carbocycles. The topological polar surface area (TPSA) is 38.1 Å². The first-order valence-electron chi connectivity index (χ1n) is 6.29. The van der Waals surface area contributed by atoms with Crippen LogP contribution in [0.2, 0.25) is 0 Å². The fraction of sp³-hybridized carbons (Fsp3) is 0.357. The number of hydrogen-bond acceptors (Lipinski definition) is 3. The van der Waals surface area contributed by atoms with E-state index in [1.165, 1.54) is 18.3 Å². The maximum absolute atomic E-state index is 12.9. The molecule has 1 heterocycles. The number of rotatable bonds is 4. The molecule has 2 rings (SSSR count). The van der Waals surface area contributed by atoms with Crippen molar-refractivity contribution in [2.24, 2.45) is 0 Å². The van der Waals surface area contributed by atoms with E-state index in [4.69, 9.17) is 4.42 Å². The maximum Gasteiger partial charge on any atom is 0.417 e. The van der Waals surface area contributed by atoms with E-state index in [9.17, 15) is 13.2 Å². The lowest BCUT2D eigenvalue weighted by Crippen LogP contribution is -2.17. The van der Waals surface area contributed by atoms with Crippen molar-refractivity contribution >= 4 is 0 Å². The van der Waals surface area contributed by atoms with E-state index in [-0.39, 0.29) is 17.4 Å². The molecule has 1 N–H and O–H groups in total. The predicted octanol–water partition coefficient (Wildman–Crippen LogP) is 4.03. The van der Waals surface area contributed by atoms with Crippen LogP contribution in [0.5, 0.6) is 0 Å². The van der Waals surface area contributed by atoms with Crippen LogP contribution in [0.3, 0.4) is 0 Å². The quantitative estimate of drug-likeness (QED) is 0.921. The third kappa shape index (κ3) is 3.01. The molecule has 1 atom stereocenters. The van der Waals surface area contributed by atoms with Gasteiger partial charge in [-0.25, -0.2) is 4.98 Å². The van der Waals surface area contributed by atoms with E-state index >= 15 is 0 Å². The number of hydrogen-bond donors (Lipinski definition) is 1. The summed E-state index contributed by atoms with van der Waals surface area (Å²) in [6.45, 7) is 4.49. The lowest BCUT2D eigenvalue weighted by molar-refractivity contribution is -0.137. The molecule has 108 valence electrons. The third-order valence-electron chi connectivity index (χ3n) is 2.90. The SMILES string of the molecule is CCNC(C)c1ncc(-c2ccccc2C(F)(F)F)o1. The van der Waals surface area contributed by atoms with Gasteiger partial charge in [0.05, 0.1) is 17.8 Å². The molecule has 1 aromatic heterocycles. The third-order valence-corrected chi connectivity index (χ3v) is 2.90. The molecule has 20 heavy (non-hydrogen) atoms. The molecule has 2 aromatic rings. The van der Waals surface area contributed by atoms with Gasteiger partial charge in [0.15, 0.2) is 5.76 Å². The van der Waals surface area contributed by atoms with Gasteiger partial charge in [0, 0.05) is 5.56 Å². The number of aromatic nitrogens is 1. The zero-order chi connectivity index (χ0) is 14.8. The molecule has 0 aliphatic carbocycles. The standard InChI is InChI=1S/C14H15F3N2O/c1-3-18-9(2)13-19-8-12(20-13)10-6-4-5-7-11(10)14(15,16)17/h4-9,18H,3H2,1-2H3. The van der Waals surface area contributed by atoms with Crippen LogP contribution in [-0.2, 0) is 6.18 Å². The molecular formula is C14H15F3N2O. The van der Waals surface area contributed by atoms with Gasteiger partial charge < -0.3 is 9.73 Å². The summed E-state index contributed by atoms with van der Waals surface area (Å²) in [5, 5.41) is 3.09. The van der Waals surface area contributed by atoms with Crippen molar-refractivity contribution < 1.29 is 17.6 Å². The minimum Gasteiger partial charge on any atom is -0.439 e. The van der Waals surface area contributed by atoms with E-state index in [0.29, 0.717) is 5.89 Å². The summed E-state index contributed by atoms with van der Waals surface area (Å²) in [7, 11) is 0. The van der Waals surface area contributed by atoms with Crippen LogP contribution in [-0.4, -0.2) is 11.5 Å². The lowest BCUT2D eigenvalue weighted by atomic mass is 10.1. The molecule has 0 fully saturated rings. The summed E-state index contributed by atoms with van der Waals surface area (Å²) in [6.07, 6.45) is -3.09. The summed E-state index contributed by atoms with van der Waals surface area (Å²) in [5.41, 5.74) is -0.721. The van der Waals surface area contributed by atoms with E-state index in [0.717, 1.165) is 12.6 Å². The van der Waals surface area contributed by atoms with Crippen molar-refractivity contribution in [3.63, 3.8) is 0 Å². The Kier molecular flexibility index (Phi) is 4.13. The molecule has 0 spiro atoms. The number of nitrogens with zero attached hydrogens (tertiary/aromatic N) is 1. The zero-order valence-corrected chi connectivity index (χ0v) is 11.2. The Balaban J connectivity index is 2.38. The monoisotopic (exact) mass is 284 g/mol. The summed E-state index contributed by atoms with van der Waals surface area (Å²) >= 11 is 0. The highest BCUT2D eigenvalue weighted by Crippen LogP contribution is 2.37. The normalized spacial score (nSPS) is 13.4. The van der Waals surface area contributed by atoms with Gasteiger partial charge in [0.1, 0.15) is 0 Å². The van der Waals surface area contributed by atoms with Crippen molar-refractivity contribution in [1.29, 1.82) is 0 Å². The van der Waals surface area contributed by atoms with E-state index in [2.05, 4.69) is 10.3 Å². The molecule has 6 heteroatoms. The minimum atomic E-state index is -4.42. The molecule has 0 aliphatic rings. The second kappa shape index (κ2) is 5.66. The molecule has 0 radical (unpaired) electrons. The highest BCUT2D eigenvalue weighted by atomic mass is 19.4. The van der Waals surface area contributed by atoms with Crippen LogP contribution in [0.25, 0.3) is 11.3 Å². The van der Waals surface area contributed by atoms with Gasteiger partial charge in [-0.1, -0.05) is 25.1 Å². The van der Waals surface area contributed by atoms with Gasteiger partial charge >= 0.3 is 6.18 Å². The molecule has 0 saturated carbocycles. The number of halogens is 3. The van der Waals surface area contributed by atoms with Crippen molar-refractivity contribution in [2.45, 2.75) is 26.1 Å².